The van der Waals surface area contributed by atoms with E-state index in [2.05, 4.69) is 16.2 Å². The van der Waals surface area contributed by atoms with Crippen LogP contribution in [-0.4, -0.2) is 12.3 Å². The topological polar surface area (TPSA) is 26.3 Å². The minimum absolute atomic E-state index is 0.00287. The zero-order valence-corrected chi connectivity index (χ0v) is 8.74. The monoisotopic (exact) mass is 188 g/mol. The smallest absolute Gasteiger partial charge is 0.309 e. The maximum absolute atomic E-state index is 11.3. The number of carbonyl (C=O) groups excluding carboxylic acids is 1. The molecule has 3 heteroatoms. The van der Waals surface area contributed by atoms with Gasteiger partial charge in [-0.15, -0.1) is 0 Å². The van der Waals surface area contributed by atoms with Gasteiger partial charge in [0, 0.05) is 0 Å². The standard InChI is InChI=1S/C9H17O2P/c1-7-2-4-8(5-3-7)9(10)11-6-12/h7-8H,2-6,12H2,1H3. The first-order valence-corrected chi connectivity index (χ1v) is 5.42. The van der Waals surface area contributed by atoms with E-state index >= 15 is 0 Å². The average Bonchev–Trinajstić information content (AvgIpc) is 2.06. The molecular formula is C9H17O2P. The van der Waals surface area contributed by atoms with Crippen molar-refractivity contribution >= 4 is 15.2 Å². The summed E-state index contributed by atoms with van der Waals surface area (Å²) in [6.07, 6.45) is 4.83. The Morgan fingerprint density at radius 2 is 2.00 bits per heavy atom. The molecule has 0 saturated heterocycles. The number of hydrogen-bond donors (Lipinski definition) is 0. The lowest BCUT2D eigenvalue weighted by Gasteiger charge is -2.24. The largest absolute Gasteiger partial charge is 0.461 e. The Morgan fingerprint density at radius 1 is 1.42 bits per heavy atom. The van der Waals surface area contributed by atoms with Crippen molar-refractivity contribution in [3.8, 4) is 0 Å². The van der Waals surface area contributed by atoms with E-state index in [1.54, 1.807) is 0 Å². The minimum Gasteiger partial charge on any atom is -0.461 e. The van der Waals surface area contributed by atoms with Gasteiger partial charge < -0.3 is 4.74 Å². The van der Waals surface area contributed by atoms with Crippen LogP contribution in [-0.2, 0) is 9.53 Å². The van der Waals surface area contributed by atoms with Crippen LogP contribution in [0.2, 0.25) is 0 Å². The second-order valence-electron chi connectivity index (χ2n) is 3.59. The van der Waals surface area contributed by atoms with Gasteiger partial charge in [-0.3, -0.25) is 4.79 Å². The summed E-state index contributed by atoms with van der Waals surface area (Å²) < 4.78 is 4.94. The summed E-state index contributed by atoms with van der Waals surface area (Å²) in [5.41, 5.74) is 0. The highest BCUT2D eigenvalue weighted by Crippen LogP contribution is 2.28. The molecule has 1 atom stereocenters. The molecule has 1 rings (SSSR count). The van der Waals surface area contributed by atoms with Crippen molar-refractivity contribution in [3.05, 3.63) is 0 Å². The third-order valence-corrected chi connectivity index (χ3v) is 2.74. The van der Waals surface area contributed by atoms with Crippen LogP contribution in [0.4, 0.5) is 0 Å². The predicted molar refractivity (Wildman–Crippen MR) is 51.8 cm³/mol. The molecule has 1 aliphatic rings. The maximum atomic E-state index is 11.3. The van der Waals surface area contributed by atoms with Crippen molar-refractivity contribution in [1.82, 2.24) is 0 Å². The molecule has 0 aromatic rings. The van der Waals surface area contributed by atoms with Crippen LogP contribution in [0.5, 0.6) is 0 Å². The fourth-order valence-electron chi connectivity index (χ4n) is 1.70. The quantitative estimate of drug-likeness (QED) is 0.490. The second kappa shape index (κ2) is 4.81. The highest BCUT2D eigenvalue weighted by Gasteiger charge is 2.24. The number of hydrogen-bond acceptors (Lipinski definition) is 2. The number of esters is 1. The van der Waals surface area contributed by atoms with Crippen molar-refractivity contribution in [2.45, 2.75) is 32.6 Å². The van der Waals surface area contributed by atoms with Gasteiger partial charge in [-0.05, 0) is 31.6 Å². The predicted octanol–water partition coefficient (Wildman–Crippen LogP) is 2.19. The Balaban J connectivity index is 2.29. The van der Waals surface area contributed by atoms with Crippen LogP contribution in [0, 0.1) is 11.8 Å². The SMILES string of the molecule is CC1CCC(C(=O)OCP)CC1. The van der Waals surface area contributed by atoms with Gasteiger partial charge in [-0.25, -0.2) is 0 Å². The van der Waals surface area contributed by atoms with Gasteiger partial charge in [-0.2, -0.15) is 0 Å². The Bertz CT molecular complexity index is 151. The van der Waals surface area contributed by atoms with E-state index in [0.717, 1.165) is 18.8 Å². The molecule has 0 heterocycles. The molecule has 1 aliphatic carbocycles. The van der Waals surface area contributed by atoms with Crippen molar-refractivity contribution in [2.75, 3.05) is 6.35 Å². The number of carbonyl (C=O) groups is 1. The Labute approximate surface area is 76.3 Å². The summed E-state index contributed by atoms with van der Waals surface area (Å²) in [4.78, 5) is 11.3. The van der Waals surface area contributed by atoms with Gasteiger partial charge in [0.1, 0.15) is 6.35 Å². The lowest BCUT2D eigenvalue weighted by molar-refractivity contribution is -0.147. The molecule has 1 fully saturated rings. The van der Waals surface area contributed by atoms with Gasteiger partial charge in [-0.1, -0.05) is 16.2 Å². The first-order valence-electron chi connectivity index (χ1n) is 4.60. The molecule has 0 N–H and O–H groups in total. The molecule has 12 heavy (non-hydrogen) atoms. The van der Waals surface area contributed by atoms with E-state index in [4.69, 9.17) is 4.74 Å². The molecule has 70 valence electrons. The molecule has 1 saturated carbocycles. The minimum atomic E-state index is -0.00287. The molecule has 0 bridgehead atoms. The zero-order chi connectivity index (χ0) is 8.97. The Hall–Kier alpha value is -0.100. The first-order chi connectivity index (χ1) is 5.74. The molecule has 0 spiro atoms. The number of ether oxygens (including phenoxy) is 1. The number of rotatable bonds is 2. The molecule has 0 aromatic carbocycles. The van der Waals surface area contributed by atoms with E-state index in [1.807, 2.05) is 0 Å². The fourth-order valence-corrected chi connectivity index (χ4v) is 1.86. The van der Waals surface area contributed by atoms with Crippen molar-refractivity contribution in [2.24, 2.45) is 11.8 Å². The third kappa shape index (κ3) is 2.75. The fraction of sp³-hybridized carbons (Fsp3) is 0.889. The summed E-state index contributed by atoms with van der Waals surface area (Å²) in [6, 6.07) is 0. The lowest BCUT2D eigenvalue weighted by atomic mass is 9.83. The molecule has 0 radical (unpaired) electrons. The normalized spacial score (nSPS) is 29.8. The highest BCUT2D eigenvalue weighted by molar-refractivity contribution is 7.16. The average molecular weight is 188 g/mol. The van der Waals surface area contributed by atoms with E-state index in [9.17, 15) is 4.79 Å². The molecule has 0 amide bonds. The molecule has 2 nitrogen and oxygen atoms in total. The summed E-state index contributed by atoms with van der Waals surface area (Å²) in [6.45, 7) is 2.25. The molecule has 0 aliphatic heterocycles. The van der Waals surface area contributed by atoms with Crippen LogP contribution >= 0.6 is 9.24 Å². The summed E-state index contributed by atoms with van der Waals surface area (Å²) in [7, 11) is 2.41. The highest BCUT2D eigenvalue weighted by atomic mass is 31.0. The van der Waals surface area contributed by atoms with E-state index in [1.165, 1.54) is 12.8 Å². The van der Waals surface area contributed by atoms with Gasteiger partial charge in [0.05, 0.1) is 5.92 Å². The lowest BCUT2D eigenvalue weighted by Crippen LogP contribution is -2.22. The summed E-state index contributed by atoms with van der Waals surface area (Å²) >= 11 is 0. The summed E-state index contributed by atoms with van der Waals surface area (Å²) in [5, 5.41) is 0. The Kier molecular flexibility index (Phi) is 4.00. The molecule has 0 aromatic heterocycles. The maximum Gasteiger partial charge on any atom is 0.309 e. The van der Waals surface area contributed by atoms with Crippen molar-refractivity contribution < 1.29 is 9.53 Å². The van der Waals surface area contributed by atoms with Crippen LogP contribution in [0.3, 0.4) is 0 Å². The van der Waals surface area contributed by atoms with Gasteiger partial charge in [0.2, 0.25) is 0 Å². The van der Waals surface area contributed by atoms with Crippen LogP contribution in [0.25, 0.3) is 0 Å². The van der Waals surface area contributed by atoms with E-state index in [-0.39, 0.29) is 11.9 Å². The zero-order valence-electron chi connectivity index (χ0n) is 7.58. The molecular weight excluding hydrogens is 171 g/mol. The van der Waals surface area contributed by atoms with Crippen LogP contribution < -0.4 is 0 Å². The van der Waals surface area contributed by atoms with Gasteiger partial charge in [0.25, 0.3) is 0 Å². The van der Waals surface area contributed by atoms with Crippen molar-refractivity contribution in [1.29, 1.82) is 0 Å². The molecule has 1 unspecified atom stereocenters. The van der Waals surface area contributed by atoms with E-state index in [0.29, 0.717) is 6.35 Å². The van der Waals surface area contributed by atoms with Crippen LogP contribution in [0.1, 0.15) is 32.6 Å². The second-order valence-corrected chi connectivity index (χ2v) is 3.92. The van der Waals surface area contributed by atoms with Crippen molar-refractivity contribution in [3.63, 3.8) is 0 Å². The van der Waals surface area contributed by atoms with Crippen LogP contribution in [0.15, 0.2) is 0 Å². The van der Waals surface area contributed by atoms with Gasteiger partial charge >= 0.3 is 5.97 Å². The van der Waals surface area contributed by atoms with E-state index < -0.39 is 0 Å². The third-order valence-electron chi connectivity index (χ3n) is 2.57. The summed E-state index contributed by atoms with van der Waals surface area (Å²) in [5.74, 6) is 0.976. The Morgan fingerprint density at radius 3 is 2.50 bits per heavy atom. The first kappa shape index (κ1) is 9.98. The van der Waals surface area contributed by atoms with Gasteiger partial charge in [0.15, 0.2) is 0 Å².